The fourth-order valence-electron chi connectivity index (χ4n) is 8.52. The first-order chi connectivity index (χ1) is 30.7. The van der Waals surface area contributed by atoms with Gasteiger partial charge in [-0.1, -0.05) is 176 Å². The van der Waals surface area contributed by atoms with Crippen LogP contribution in [0, 0.1) is 0 Å². The number of anilines is 3. The molecule has 292 valence electrons. The van der Waals surface area contributed by atoms with Gasteiger partial charge in [-0.3, -0.25) is 0 Å². The van der Waals surface area contributed by atoms with E-state index in [4.69, 9.17) is 9.40 Å². The lowest BCUT2D eigenvalue weighted by molar-refractivity contribution is 0.623. The van der Waals surface area contributed by atoms with E-state index in [2.05, 4.69) is 241 Å². The van der Waals surface area contributed by atoms with Crippen LogP contribution in [0.4, 0.5) is 17.1 Å². The first-order valence-electron chi connectivity index (χ1n) is 21.0. The number of oxazole rings is 1. The smallest absolute Gasteiger partial charge is 0.227 e. The highest BCUT2D eigenvalue weighted by molar-refractivity contribution is 6.06. The second-order valence-corrected chi connectivity index (χ2v) is 15.6. The highest BCUT2D eigenvalue weighted by Gasteiger charge is 2.17. The standard InChI is InChI=1S/C59H40N2O/c1-5-13-41(14-6-1)43-21-24-48(25-22-43)59-60-57-38-32-47-23-26-50(40-56(47)58(57)62-59)54-37-31-49(39-55(54)46-17-9-3-10-18-46)45-29-35-53(36-30-45)61(51-19-11-4-12-20-51)52-33-27-44(28-34-52)42-15-7-2-8-16-42/h1-40H. The third-order valence-corrected chi connectivity index (χ3v) is 11.7. The Hall–Kier alpha value is -8.27. The van der Waals surface area contributed by atoms with Gasteiger partial charge in [0.1, 0.15) is 5.52 Å². The van der Waals surface area contributed by atoms with Crippen molar-refractivity contribution in [1.82, 2.24) is 4.98 Å². The molecule has 0 N–H and O–H groups in total. The minimum absolute atomic E-state index is 0.616. The number of hydrogen-bond donors (Lipinski definition) is 0. The SMILES string of the molecule is c1ccc(-c2ccc(-c3nc4ccc5ccc(-c6ccc(-c7ccc(N(c8ccccc8)c8ccc(-c9ccccc9)cc8)cc7)cc6-c6ccccc6)cc5c4o3)cc2)cc1. The van der Waals surface area contributed by atoms with E-state index in [0.717, 1.165) is 77.9 Å². The predicted octanol–water partition coefficient (Wildman–Crippen LogP) is 16.5. The van der Waals surface area contributed by atoms with E-state index in [1.165, 1.54) is 22.3 Å². The van der Waals surface area contributed by atoms with Crippen molar-refractivity contribution in [3.05, 3.63) is 243 Å². The molecule has 0 atom stereocenters. The van der Waals surface area contributed by atoms with Crippen molar-refractivity contribution in [3.63, 3.8) is 0 Å². The summed E-state index contributed by atoms with van der Waals surface area (Å²) < 4.78 is 6.59. The van der Waals surface area contributed by atoms with Crippen molar-refractivity contribution in [2.75, 3.05) is 4.90 Å². The molecule has 0 aliphatic heterocycles. The molecular formula is C59H40N2O. The maximum absolute atomic E-state index is 6.59. The predicted molar refractivity (Wildman–Crippen MR) is 259 cm³/mol. The second-order valence-electron chi connectivity index (χ2n) is 15.6. The van der Waals surface area contributed by atoms with E-state index in [9.17, 15) is 0 Å². The first kappa shape index (κ1) is 36.8. The second kappa shape index (κ2) is 16.1. The summed E-state index contributed by atoms with van der Waals surface area (Å²) in [5.74, 6) is 0.616. The summed E-state index contributed by atoms with van der Waals surface area (Å²) in [5, 5.41) is 2.15. The van der Waals surface area contributed by atoms with Crippen LogP contribution < -0.4 is 4.90 Å². The van der Waals surface area contributed by atoms with Gasteiger partial charge in [-0.15, -0.1) is 0 Å². The largest absolute Gasteiger partial charge is 0.435 e. The molecule has 0 aliphatic rings. The lowest BCUT2D eigenvalue weighted by atomic mass is 9.90. The molecule has 0 unspecified atom stereocenters. The summed E-state index contributed by atoms with van der Waals surface area (Å²) in [6.45, 7) is 0. The zero-order chi connectivity index (χ0) is 41.2. The van der Waals surface area contributed by atoms with Crippen LogP contribution in [-0.4, -0.2) is 4.98 Å². The molecule has 0 bridgehead atoms. The molecule has 10 aromatic carbocycles. The van der Waals surface area contributed by atoms with Crippen molar-refractivity contribution in [2.45, 2.75) is 0 Å². The Bertz CT molecular complexity index is 3290. The topological polar surface area (TPSA) is 29.3 Å². The fraction of sp³-hybridized carbons (Fsp3) is 0. The highest BCUT2D eigenvalue weighted by Crippen LogP contribution is 2.41. The molecule has 0 aliphatic carbocycles. The van der Waals surface area contributed by atoms with Crippen LogP contribution >= 0.6 is 0 Å². The molecule has 0 saturated heterocycles. The minimum atomic E-state index is 0.616. The Morgan fingerprint density at radius 3 is 1.34 bits per heavy atom. The average Bonchev–Trinajstić information content (AvgIpc) is 3.81. The fourth-order valence-corrected chi connectivity index (χ4v) is 8.52. The number of aromatic nitrogens is 1. The third kappa shape index (κ3) is 7.12. The molecule has 3 heteroatoms. The van der Waals surface area contributed by atoms with Crippen LogP contribution in [0.2, 0.25) is 0 Å². The molecule has 0 radical (unpaired) electrons. The molecule has 0 spiro atoms. The highest BCUT2D eigenvalue weighted by atomic mass is 16.3. The Balaban J connectivity index is 0.940. The van der Waals surface area contributed by atoms with Crippen LogP contribution in [0.15, 0.2) is 247 Å². The normalized spacial score (nSPS) is 11.2. The van der Waals surface area contributed by atoms with E-state index < -0.39 is 0 Å². The Morgan fingerprint density at radius 1 is 0.306 bits per heavy atom. The van der Waals surface area contributed by atoms with Crippen LogP contribution in [0.25, 0.3) is 89.0 Å². The van der Waals surface area contributed by atoms with Crippen molar-refractivity contribution in [3.8, 4) is 67.1 Å². The summed E-state index contributed by atoms with van der Waals surface area (Å²) >= 11 is 0. The van der Waals surface area contributed by atoms with Gasteiger partial charge in [-0.05, 0) is 128 Å². The minimum Gasteiger partial charge on any atom is -0.435 e. The summed E-state index contributed by atoms with van der Waals surface area (Å²) in [4.78, 5) is 7.26. The molecule has 11 aromatic rings. The van der Waals surface area contributed by atoms with Gasteiger partial charge >= 0.3 is 0 Å². The number of para-hydroxylation sites is 1. The maximum atomic E-state index is 6.59. The Labute approximate surface area is 361 Å². The monoisotopic (exact) mass is 792 g/mol. The third-order valence-electron chi connectivity index (χ3n) is 11.7. The van der Waals surface area contributed by atoms with Gasteiger partial charge in [0.05, 0.1) is 0 Å². The van der Waals surface area contributed by atoms with Gasteiger partial charge in [-0.2, -0.15) is 0 Å². The van der Waals surface area contributed by atoms with Crippen molar-refractivity contribution in [1.29, 1.82) is 0 Å². The molecule has 0 saturated carbocycles. The number of nitrogens with zero attached hydrogens (tertiary/aromatic N) is 2. The number of rotatable bonds is 9. The molecule has 1 aromatic heterocycles. The van der Waals surface area contributed by atoms with Crippen LogP contribution in [0.1, 0.15) is 0 Å². The molecule has 62 heavy (non-hydrogen) atoms. The van der Waals surface area contributed by atoms with Gasteiger partial charge in [0.15, 0.2) is 5.58 Å². The van der Waals surface area contributed by atoms with Crippen LogP contribution in [-0.2, 0) is 0 Å². The number of fused-ring (bicyclic) bond motifs is 3. The lowest BCUT2D eigenvalue weighted by Crippen LogP contribution is -2.09. The molecule has 0 amide bonds. The van der Waals surface area contributed by atoms with Gasteiger partial charge in [0.25, 0.3) is 0 Å². The number of hydrogen-bond acceptors (Lipinski definition) is 3. The van der Waals surface area contributed by atoms with E-state index in [0.29, 0.717) is 5.89 Å². The van der Waals surface area contributed by atoms with Crippen molar-refractivity contribution >= 4 is 38.9 Å². The molecule has 11 rings (SSSR count). The van der Waals surface area contributed by atoms with E-state index in [-0.39, 0.29) is 0 Å². The van der Waals surface area contributed by atoms with Crippen molar-refractivity contribution in [2.24, 2.45) is 0 Å². The van der Waals surface area contributed by atoms with Crippen LogP contribution in [0.3, 0.4) is 0 Å². The molecule has 0 fully saturated rings. The van der Waals surface area contributed by atoms with Gasteiger partial charge in [0.2, 0.25) is 5.89 Å². The maximum Gasteiger partial charge on any atom is 0.227 e. The van der Waals surface area contributed by atoms with Crippen LogP contribution in [0.5, 0.6) is 0 Å². The van der Waals surface area contributed by atoms with Crippen molar-refractivity contribution < 1.29 is 4.42 Å². The van der Waals surface area contributed by atoms with Gasteiger partial charge < -0.3 is 9.32 Å². The molecule has 3 nitrogen and oxygen atoms in total. The number of benzene rings is 10. The average molecular weight is 793 g/mol. The summed E-state index contributed by atoms with van der Waals surface area (Å²) in [6.07, 6.45) is 0. The summed E-state index contributed by atoms with van der Waals surface area (Å²) in [6, 6.07) is 86.0. The lowest BCUT2D eigenvalue weighted by Gasteiger charge is -2.26. The van der Waals surface area contributed by atoms with Gasteiger partial charge in [-0.25, -0.2) is 4.98 Å². The zero-order valence-corrected chi connectivity index (χ0v) is 33.9. The van der Waals surface area contributed by atoms with E-state index in [1.54, 1.807) is 0 Å². The quantitative estimate of drug-likeness (QED) is 0.146. The Kier molecular flexibility index (Phi) is 9.53. The first-order valence-corrected chi connectivity index (χ1v) is 21.0. The Morgan fingerprint density at radius 2 is 0.742 bits per heavy atom. The zero-order valence-electron chi connectivity index (χ0n) is 33.9. The summed E-state index contributed by atoms with van der Waals surface area (Å²) in [7, 11) is 0. The van der Waals surface area contributed by atoms with E-state index in [1.807, 2.05) is 6.07 Å². The van der Waals surface area contributed by atoms with E-state index >= 15 is 0 Å². The molecule has 1 heterocycles. The summed E-state index contributed by atoms with van der Waals surface area (Å²) in [5.41, 5.74) is 17.5. The van der Waals surface area contributed by atoms with Gasteiger partial charge in [0, 0.05) is 28.0 Å². The molecular weight excluding hydrogens is 753 g/mol.